The van der Waals surface area contributed by atoms with E-state index in [2.05, 4.69) is 0 Å². The first-order chi connectivity index (χ1) is 9.75. The molecule has 0 N–H and O–H groups in total. The van der Waals surface area contributed by atoms with Crippen LogP contribution in [0.3, 0.4) is 0 Å². The minimum absolute atomic E-state index is 0.0280. The van der Waals surface area contributed by atoms with Crippen LogP contribution in [0.4, 0.5) is 5.69 Å². The molecular formula is C13H20N2O5S. The molecule has 0 aliphatic heterocycles. The highest BCUT2D eigenvalue weighted by atomic mass is 32.2. The number of hydrogen-bond donors (Lipinski definition) is 0. The van der Waals surface area contributed by atoms with E-state index >= 15 is 0 Å². The molecule has 0 bridgehead atoms. The zero-order chi connectivity index (χ0) is 16.2. The number of non-ortho nitro benzene ring substituents is 1. The van der Waals surface area contributed by atoms with Crippen LogP contribution in [0.5, 0.6) is 5.75 Å². The summed E-state index contributed by atoms with van der Waals surface area (Å²) in [7, 11) is -0.978. The second kappa shape index (κ2) is 6.86. The SMILES string of the molecule is CCC[C@H](C)N(C)S(=O)(=O)c1ccc([N+](=O)[O-])cc1OC. The molecule has 0 fully saturated rings. The second-order valence-corrected chi connectivity index (χ2v) is 6.72. The van der Waals surface area contributed by atoms with Crippen LogP contribution in [0.15, 0.2) is 23.1 Å². The third-order valence-electron chi connectivity index (χ3n) is 3.34. The van der Waals surface area contributed by atoms with Crippen LogP contribution in [0.1, 0.15) is 26.7 Å². The molecule has 0 spiro atoms. The lowest BCUT2D eigenvalue weighted by Gasteiger charge is -2.24. The van der Waals surface area contributed by atoms with Crippen LogP contribution in [0, 0.1) is 10.1 Å². The molecule has 118 valence electrons. The van der Waals surface area contributed by atoms with E-state index in [1.54, 1.807) is 0 Å². The minimum atomic E-state index is -3.76. The Morgan fingerprint density at radius 2 is 2.05 bits per heavy atom. The van der Waals surface area contributed by atoms with E-state index in [1.807, 2.05) is 13.8 Å². The molecule has 0 saturated carbocycles. The van der Waals surface area contributed by atoms with Crippen molar-refractivity contribution in [2.45, 2.75) is 37.6 Å². The van der Waals surface area contributed by atoms with Gasteiger partial charge in [-0.05, 0) is 19.4 Å². The second-order valence-electron chi connectivity index (χ2n) is 4.75. The Labute approximate surface area is 124 Å². The lowest BCUT2D eigenvalue weighted by molar-refractivity contribution is -0.385. The van der Waals surface area contributed by atoms with Crippen LogP contribution >= 0.6 is 0 Å². The number of rotatable bonds is 7. The molecule has 0 saturated heterocycles. The van der Waals surface area contributed by atoms with E-state index in [9.17, 15) is 18.5 Å². The predicted molar refractivity (Wildman–Crippen MR) is 79.0 cm³/mol. The summed E-state index contributed by atoms with van der Waals surface area (Å²) >= 11 is 0. The average Bonchev–Trinajstić information content (AvgIpc) is 2.45. The molecule has 0 aliphatic carbocycles. The van der Waals surface area contributed by atoms with Gasteiger partial charge in [-0.25, -0.2) is 8.42 Å². The van der Waals surface area contributed by atoms with Crippen LogP contribution in [0.25, 0.3) is 0 Å². The van der Waals surface area contributed by atoms with E-state index in [1.165, 1.54) is 24.5 Å². The third kappa shape index (κ3) is 3.70. The largest absolute Gasteiger partial charge is 0.495 e. The summed E-state index contributed by atoms with van der Waals surface area (Å²) in [6.07, 6.45) is 1.59. The smallest absolute Gasteiger partial charge is 0.273 e. The quantitative estimate of drug-likeness (QED) is 0.569. The van der Waals surface area contributed by atoms with Gasteiger partial charge in [0.2, 0.25) is 10.0 Å². The summed E-state index contributed by atoms with van der Waals surface area (Å²) in [4.78, 5) is 10.1. The molecule has 1 aromatic carbocycles. The van der Waals surface area contributed by atoms with Crippen molar-refractivity contribution in [3.05, 3.63) is 28.3 Å². The first-order valence-corrected chi connectivity index (χ1v) is 8.00. The number of nitro groups is 1. The van der Waals surface area contributed by atoms with Gasteiger partial charge in [0, 0.05) is 19.2 Å². The number of hydrogen-bond acceptors (Lipinski definition) is 5. The summed E-state index contributed by atoms with van der Waals surface area (Å²) in [6, 6.07) is 3.32. The van der Waals surface area contributed by atoms with Gasteiger partial charge in [-0.15, -0.1) is 0 Å². The zero-order valence-corrected chi connectivity index (χ0v) is 13.4. The Morgan fingerprint density at radius 1 is 1.43 bits per heavy atom. The Hall–Kier alpha value is -1.67. The van der Waals surface area contributed by atoms with Gasteiger partial charge in [0.1, 0.15) is 10.6 Å². The minimum Gasteiger partial charge on any atom is -0.495 e. The zero-order valence-electron chi connectivity index (χ0n) is 12.6. The molecule has 8 heteroatoms. The topological polar surface area (TPSA) is 89.8 Å². The molecule has 0 unspecified atom stereocenters. The van der Waals surface area contributed by atoms with E-state index in [-0.39, 0.29) is 22.4 Å². The molecule has 0 aromatic heterocycles. The molecule has 0 radical (unpaired) electrons. The van der Waals surface area contributed by atoms with Crippen LogP contribution in [0.2, 0.25) is 0 Å². The fourth-order valence-corrected chi connectivity index (χ4v) is 3.50. The van der Waals surface area contributed by atoms with E-state index in [4.69, 9.17) is 4.74 Å². The fourth-order valence-electron chi connectivity index (χ4n) is 1.97. The fraction of sp³-hybridized carbons (Fsp3) is 0.538. The van der Waals surface area contributed by atoms with Crippen LogP contribution in [-0.2, 0) is 10.0 Å². The lowest BCUT2D eigenvalue weighted by atomic mass is 10.2. The van der Waals surface area contributed by atoms with Crippen LogP contribution in [-0.4, -0.2) is 37.8 Å². The Balaban J connectivity index is 3.28. The van der Waals surface area contributed by atoms with Gasteiger partial charge >= 0.3 is 0 Å². The maximum atomic E-state index is 12.6. The number of ether oxygens (including phenoxy) is 1. The summed E-state index contributed by atoms with van der Waals surface area (Å²) < 4.78 is 31.4. The Morgan fingerprint density at radius 3 is 2.52 bits per heavy atom. The first-order valence-electron chi connectivity index (χ1n) is 6.56. The first kappa shape index (κ1) is 17.4. The van der Waals surface area contributed by atoms with Crippen molar-refractivity contribution >= 4 is 15.7 Å². The van der Waals surface area contributed by atoms with E-state index < -0.39 is 14.9 Å². The molecule has 0 amide bonds. The number of benzene rings is 1. The average molecular weight is 316 g/mol. The summed E-state index contributed by atoms with van der Waals surface area (Å²) in [5.74, 6) is -0.0280. The van der Waals surface area contributed by atoms with Gasteiger partial charge in [-0.2, -0.15) is 4.31 Å². The summed E-state index contributed by atoms with van der Waals surface area (Å²) in [5.41, 5.74) is -0.213. The third-order valence-corrected chi connectivity index (χ3v) is 5.35. The van der Waals surface area contributed by atoms with Crippen molar-refractivity contribution < 1.29 is 18.1 Å². The molecule has 1 rings (SSSR count). The van der Waals surface area contributed by atoms with Gasteiger partial charge < -0.3 is 4.74 Å². The lowest BCUT2D eigenvalue weighted by Crippen LogP contribution is -2.35. The van der Waals surface area contributed by atoms with Gasteiger partial charge in [-0.3, -0.25) is 10.1 Å². The summed E-state index contributed by atoms with van der Waals surface area (Å²) in [6.45, 7) is 3.79. The van der Waals surface area contributed by atoms with Gasteiger partial charge in [0.05, 0.1) is 18.1 Å². The summed E-state index contributed by atoms with van der Waals surface area (Å²) in [5, 5.41) is 10.7. The number of nitrogens with zero attached hydrogens (tertiary/aromatic N) is 2. The van der Waals surface area contributed by atoms with E-state index in [0.717, 1.165) is 25.0 Å². The Bertz CT molecular complexity index is 615. The Kier molecular flexibility index (Phi) is 5.68. The molecule has 21 heavy (non-hydrogen) atoms. The number of sulfonamides is 1. The normalized spacial score (nSPS) is 13.2. The van der Waals surface area contributed by atoms with Crippen molar-refractivity contribution in [3.63, 3.8) is 0 Å². The van der Waals surface area contributed by atoms with Crippen molar-refractivity contribution in [2.24, 2.45) is 0 Å². The molecule has 1 atom stereocenters. The van der Waals surface area contributed by atoms with Crippen molar-refractivity contribution in [1.82, 2.24) is 4.31 Å². The predicted octanol–water partition coefficient (Wildman–Crippen LogP) is 2.41. The number of methoxy groups -OCH3 is 1. The van der Waals surface area contributed by atoms with Gasteiger partial charge in [-0.1, -0.05) is 13.3 Å². The van der Waals surface area contributed by atoms with Gasteiger partial charge in [0.25, 0.3) is 5.69 Å². The highest BCUT2D eigenvalue weighted by molar-refractivity contribution is 7.89. The van der Waals surface area contributed by atoms with Gasteiger partial charge in [0.15, 0.2) is 0 Å². The monoisotopic (exact) mass is 316 g/mol. The van der Waals surface area contributed by atoms with Crippen molar-refractivity contribution in [1.29, 1.82) is 0 Å². The highest BCUT2D eigenvalue weighted by Crippen LogP contribution is 2.31. The maximum absolute atomic E-state index is 12.6. The molecule has 0 aliphatic rings. The van der Waals surface area contributed by atoms with Crippen molar-refractivity contribution in [3.8, 4) is 5.75 Å². The molecule has 1 aromatic rings. The standard InChI is InChI=1S/C13H20N2O5S/c1-5-6-10(2)14(3)21(18,19)13-8-7-11(15(16)17)9-12(13)20-4/h7-10H,5-6H2,1-4H3/t10-/m0/s1. The highest BCUT2D eigenvalue weighted by Gasteiger charge is 2.29. The molecule has 7 nitrogen and oxygen atoms in total. The van der Waals surface area contributed by atoms with Crippen molar-refractivity contribution in [2.75, 3.05) is 14.2 Å². The van der Waals surface area contributed by atoms with Crippen LogP contribution < -0.4 is 4.74 Å². The molecule has 0 heterocycles. The number of nitro benzene ring substituents is 1. The maximum Gasteiger partial charge on any atom is 0.273 e. The van der Waals surface area contributed by atoms with E-state index in [0.29, 0.717) is 0 Å². The molecular weight excluding hydrogens is 296 g/mol.